The molecule has 0 aliphatic rings. The summed E-state index contributed by atoms with van der Waals surface area (Å²) in [6.45, 7) is 4.63. The predicted octanol–water partition coefficient (Wildman–Crippen LogP) is 11.0. The third-order valence-electron chi connectivity index (χ3n) is 8.19. The Bertz CT molecular complexity index is 625. The summed E-state index contributed by atoms with van der Waals surface area (Å²) in [5.41, 5.74) is 0. The Kier molecular flexibility index (Phi) is 32.6. The van der Waals surface area contributed by atoms with Crippen LogP contribution in [0.2, 0.25) is 0 Å². The molecule has 0 aromatic heterocycles. The molecule has 2 N–H and O–H groups in total. The summed E-state index contributed by atoms with van der Waals surface area (Å²) >= 11 is 0. The fourth-order valence-electron chi connectivity index (χ4n) is 5.42. The first-order valence-corrected chi connectivity index (χ1v) is 19.9. The number of hydrogen-bond acceptors (Lipinski definition) is 5. The third kappa shape index (κ3) is 35.9. The van der Waals surface area contributed by atoms with Crippen LogP contribution in [0, 0.1) is 0 Å². The molecule has 43 heavy (non-hydrogen) atoms. The van der Waals surface area contributed by atoms with Gasteiger partial charge in [0.25, 0.3) is 0 Å². The van der Waals surface area contributed by atoms with Crippen LogP contribution in [0.5, 0.6) is 0 Å². The molecule has 0 fully saturated rings. The Morgan fingerprint density at radius 1 is 0.535 bits per heavy atom. The van der Waals surface area contributed by atoms with Crippen LogP contribution in [0.25, 0.3) is 0 Å². The summed E-state index contributed by atoms with van der Waals surface area (Å²) in [4.78, 5) is 30.3. The summed E-state index contributed by atoms with van der Waals surface area (Å²) in [5, 5.41) is 0. The number of unbranched alkanes of at least 4 members (excludes halogenated alkanes) is 25. The van der Waals surface area contributed by atoms with Gasteiger partial charge in [0.15, 0.2) is 0 Å². The van der Waals surface area contributed by atoms with E-state index in [1.807, 2.05) is 0 Å². The number of phosphoric acid groups is 1. The first-order valence-electron chi connectivity index (χ1n) is 18.4. The molecule has 0 radical (unpaired) electrons. The smallest absolute Gasteiger partial charge is 0.463 e. The second-order valence-electron chi connectivity index (χ2n) is 12.6. The van der Waals surface area contributed by atoms with Crippen LogP contribution in [0.1, 0.15) is 194 Å². The summed E-state index contributed by atoms with van der Waals surface area (Å²) in [7, 11) is -4.61. The van der Waals surface area contributed by atoms with E-state index >= 15 is 0 Å². The molecule has 258 valence electrons. The zero-order valence-corrected chi connectivity index (χ0v) is 29.3. The monoisotopic (exact) mass is 634 g/mol. The highest BCUT2D eigenvalue weighted by Crippen LogP contribution is 2.35. The van der Waals surface area contributed by atoms with Crippen LogP contribution in [-0.4, -0.2) is 41.7 Å². The maximum atomic E-state index is 12.2. The molecule has 0 aromatic rings. The van der Waals surface area contributed by atoms with Crippen molar-refractivity contribution in [3.05, 3.63) is 0 Å². The van der Waals surface area contributed by atoms with Gasteiger partial charge in [0.05, 0.1) is 6.61 Å². The van der Waals surface area contributed by atoms with E-state index in [0.717, 1.165) is 38.5 Å². The second-order valence-corrected chi connectivity index (χ2v) is 13.8. The maximum Gasteiger partial charge on any atom is 0.469 e. The largest absolute Gasteiger partial charge is 0.469 e. The molecule has 0 bridgehead atoms. The summed E-state index contributed by atoms with van der Waals surface area (Å²) < 4.78 is 26.9. The third-order valence-corrected chi connectivity index (χ3v) is 8.68. The number of phosphoric ester groups is 1. The van der Waals surface area contributed by atoms with Gasteiger partial charge in [-0.3, -0.25) is 9.32 Å². The number of esters is 1. The van der Waals surface area contributed by atoms with Crippen molar-refractivity contribution in [2.75, 3.05) is 19.8 Å². The number of carbonyl (C=O) groups excluding carboxylic acids is 1. The number of rotatable bonds is 35. The van der Waals surface area contributed by atoms with E-state index in [4.69, 9.17) is 19.3 Å². The molecule has 8 heteroatoms. The minimum absolute atomic E-state index is 0.0458. The van der Waals surface area contributed by atoms with Crippen molar-refractivity contribution < 1.29 is 33.1 Å². The van der Waals surface area contributed by atoms with E-state index in [2.05, 4.69) is 18.4 Å². The predicted molar refractivity (Wildman–Crippen MR) is 179 cm³/mol. The SMILES string of the molecule is CCCCCCCCCCCCCCCCOC(COC(=O)CCCCCCCCCCCCCCC)COP(=O)(O)O. The molecule has 1 unspecified atom stereocenters. The van der Waals surface area contributed by atoms with Crippen LogP contribution in [0.4, 0.5) is 0 Å². The lowest BCUT2D eigenvalue weighted by molar-refractivity contribution is -0.149. The molecular formula is C35H71O7P. The number of hydrogen-bond donors (Lipinski definition) is 2. The van der Waals surface area contributed by atoms with Crippen molar-refractivity contribution in [3.8, 4) is 0 Å². The Morgan fingerprint density at radius 3 is 1.26 bits per heavy atom. The van der Waals surface area contributed by atoms with E-state index in [9.17, 15) is 9.36 Å². The molecule has 0 aliphatic carbocycles. The molecular weight excluding hydrogens is 563 g/mol. The molecule has 0 saturated carbocycles. The van der Waals surface area contributed by atoms with Crippen LogP contribution in [-0.2, 0) is 23.4 Å². The number of ether oxygens (including phenoxy) is 2. The van der Waals surface area contributed by atoms with Gasteiger partial charge >= 0.3 is 13.8 Å². The summed E-state index contributed by atoms with van der Waals surface area (Å²) in [5.74, 6) is -0.288. The van der Waals surface area contributed by atoms with E-state index in [-0.39, 0.29) is 19.2 Å². The highest BCUT2D eigenvalue weighted by molar-refractivity contribution is 7.46. The van der Waals surface area contributed by atoms with Crippen molar-refractivity contribution in [3.63, 3.8) is 0 Å². The van der Waals surface area contributed by atoms with Crippen molar-refractivity contribution in [1.29, 1.82) is 0 Å². The van der Waals surface area contributed by atoms with E-state index in [1.54, 1.807) is 0 Å². The van der Waals surface area contributed by atoms with Gasteiger partial charge in [-0.2, -0.15) is 0 Å². The lowest BCUT2D eigenvalue weighted by Crippen LogP contribution is -2.27. The van der Waals surface area contributed by atoms with Crippen molar-refractivity contribution in [2.24, 2.45) is 0 Å². The van der Waals surface area contributed by atoms with Gasteiger partial charge in [-0.15, -0.1) is 0 Å². The lowest BCUT2D eigenvalue weighted by atomic mass is 10.0. The van der Waals surface area contributed by atoms with Gasteiger partial charge in [0, 0.05) is 13.0 Å². The van der Waals surface area contributed by atoms with Gasteiger partial charge < -0.3 is 19.3 Å². The fraction of sp³-hybridized carbons (Fsp3) is 0.971. The van der Waals surface area contributed by atoms with E-state index in [0.29, 0.717) is 13.0 Å². The first kappa shape index (κ1) is 42.5. The fourth-order valence-corrected chi connectivity index (χ4v) is 5.78. The number of carbonyl (C=O) groups is 1. The summed E-state index contributed by atoms with van der Waals surface area (Å²) in [6.07, 6.45) is 33.9. The second kappa shape index (κ2) is 32.9. The molecule has 0 aromatic carbocycles. The first-order chi connectivity index (χ1) is 20.9. The molecule has 0 spiro atoms. The zero-order chi connectivity index (χ0) is 31.7. The average molecular weight is 635 g/mol. The standard InChI is InChI=1S/C35H71O7P/c1-3-5-7-9-11-13-15-17-19-21-23-25-27-29-31-40-34(33-42-43(37,38)39)32-41-35(36)30-28-26-24-22-20-18-16-14-12-10-8-6-4-2/h34H,3-33H2,1-2H3,(H2,37,38,39). The molecule has 7 nitrogen and oxygen atoms in total. The Hall–Kier alpha value is -0.460. The zero-order valence-electron chi connectivity index (χ0n) is 28.4. The van der Waals surface area contributed by atoms with Crippen LogP contribution < -0.4 is 0 Å². The lowest BCUT2D eigenvalue weighted by Gasteiger charge is -2.18. The quantitative estimate of drug-likeness (QED) is 0.0406. The topological polar surface area (TPSA) is 102 Å². The average Bonchev–Trinajstić information content (AvgIpc) is 2.98. The summed E-state index contributed by atoms with van der Waals surface area (Å²) in [6, 6.07) is 0. The van der Waals surface area contributed by atoms with Crippen molar-refractivity contribution in [2.45, 2.75) is 200 Å². The van der Waals surface area contributed by atoms with Crippen LogP contribution in [0.15, 0.2) is 0 Å². The van der Waals surface area contributed by atoms with Gasteiger partial charge in [-0.05, 0) is 12.8 Å². The molecule has 0 heterocycles. The minimum Gasteiger partial charge on any atom is -0.463 e. The normalized spacial score (nSPS) is 12.6. The highest BCUT2D eigenvalue weighted by atomic mass is 31.2. The van der Waals surface area contributed by atoms with Crippen molar-refractivity contribution >= 4 is 13.8 Å². The molecule has 0 saturated heterocycles. The van der Waals surface area contributed by atoms with Crippen LogP contribution >= 0.6 is 7.82 Å². The molecule has 0 rings (SSSR count). The molecule has 0 aliphatic heterocycles. The van der Waals surface area contributed by atoms with Gasteiger partial charge in [-0.25, -0.2) is 4.57 Å². The Balaban J connectivity index is 3.79. The molecule has 1 atom stereocenters. The van der Waals surface area contributed by atoms with Crippen molar-refractivity contribution in [1.82, 2.24) is 0 Å². The Morgan fingerprint density at radius 2 is 0.884 bits per heavy atom. The minimum atomic E-state index is -4.61. The highest BCUT2D eigenvalue weighted by Gasteiger charge is 2.20. The maximum absolute atomic E-state index is 12.2. The van der Waals surface area contributed by atoms with Gasteiger partial charge in [-0.1, -0.05) is 174 Å². The molecule has 0 amide bonds. The van der Waals surface area contributed by atoms with Gasteiger partial charge in [0.2, 0.25) is 0 Å². The van der Waals surface area contributed by atoms with Crippen LogP contribution in [0.3, 0.4) is 0 Å². The van der Waals surface area contributed by atoms with E-state index < -0.39 is 13.9 Å². The van der Waals surface area contributed by atoms with Gasteiger partial charge in [0.1, 0.15) is 12.7 Å². The Labute approximate surface area is 266 Å². The van der Waals surface area contributed by atoms with E-state index in [1.165, 1.54) is 135 Å².